The Morgan fingerprint density at radius 1 is 0.967 bits per heavy atom. The zero-order valence-electron chi connectivity index (χ0n) is 16.5. The summed E-state index contributed by atoms with van der Waals surface area (Å²) in [4.78, 5) is 27.3. The smallest absolute Gasteiger partial charge is 0.375 e. The van der Waals surface area contributed by atoms with E-state index in [0.29, 0.717) is 10.9 Å². The van der Waals surface area contributed by atoms with E-state index in [0.717, 1.165) is 18.7 Å². The highest BCUT2D eigenvalue weighted by Crippen LogP contribution is 2.27. The number of nitrogens with one attached hydrogen (secondary N) is 1. The number of carbonyl (C=O) groups is 2. The number of carbonyl (C=O) groups excluding carboxylic acids is 2. The number of hydrogen-bond donors (Lipinski definition) is 1. The van der Waals surface area contributed by atoms with Crippen molar-refractivity contribution in [3.8, 4) is 0 Å². The molecule has 30 heavy (non-hydrogen) atoms. The molecule has 9 heteroatoms. The quantitative estimate of drug-likeness (QED) is 0.277. The number of para-hydroxylation sites is 1. The monoisotopic (exact) mass is 429 g/mol. The van der Waals surface area contributed by atoms with E-state index in [1.54, 1.807) is 36.4 Å². The van der Waals surface area contributed by atoms with Gasteiger partial charge in [-0.3, -0.25) is 0 Å². The number of rotatable bonds is 6. The van der Waals surface area contributed by atoms with Gasteiger partial charge >= 0.3 is 22.1 Å². The van der Waals surface area contributed by atoms with E-state index in [9.17, 15) is 18.0 Å². The van der Waals surface area contributed by atoms with Gasteiger partial charge in [0.05, 0.1) is 14.2 Å². The van der Waals surface area contributed by atoms with Gasteiger partial charge in [-0.05, 0) is 31.2 Å². The molecule has 0 amide bonds. The minimum absolute atomic E-state index is 0.0384. The van der Waals surface area contributed by atoms with Crippen LogP contribution >= 0.6 is 0 Å². The summed E-state index contributed by atoms with van der Waals surface area (Å²) in [5, 5.41) is 0.565. The van der Waals surface area contributed by atoms with Crippen LogP contribution in [0.5, 0.6) is 0 Å². The SMILES string of the molecule is COC(=O)/C(=C/c1c(C(=O)OC)[nH]c2ccccc12)OS(=O)(=O)c1ccc(C)cc1. The van der Waals surface area contributed by atoms with Crippen LogP contribution in [0.1, 0.15) is 21.6 Å². The van der Waals surface area contributed by atoms with Gasteiger partial charge in [0.15, 0.2) is 0 Å². The van der Waals surface area contributed by atoms with Crippen molar-refractivity contribution < 1.29 is 31.7 Å². The average Bonchev–Trinajstić information content (AvgIpc) is 3.10. The Morgan fingerprint density at radius 3 is 2.27 bits per heavy atom. The van der Waals surface area contributed by atoms with Crippen LogP contribution < -0.4 is 0 Å². The van der Waals surface area contributed by atoms with Gasteiger partial charge in [0.25, 0.3) is 0 Å². The highest BCUT2D eigenvalue weighted by atomic mass is 32.2. The van der Waals surface area contributed by atoms with Crippen molar-refractivity contribution in [1.82, 2.24) is 4.98 Å². The van der Waals surface area contributed by atoms with Gasteiger partial charge in [0, 0.05) is 16.5 Å². The van der Waals surface area contributed by atoms with Crippen molar-refractivity contribution in [3.63, 3.8) is 0 Å². The summed E-state index contributed by atoms with van der Waals surface area (Å²) in [6.07, 6.45) is 1.14. The molecule has 0 spiro atoms. The lowest BCUT2D eigenvalue weighted by molar-refractivity contribution is -0.138. The number of hydrogen-bond acceptors (Lipinski definition) is 7. The Morgan fingerprint density at radius 2 is 1.63 bits per heavy atom. The van der Waals surface area contributed by atoms with E-state index in [2.05, 4.69) is 9.72 Å². The maximum absolute atomic E-state index is 12.7. The van der Waals surface area contributed by atoms with E-state index in [1.807, 2.05) is 6.92 Å². The van der Waals surface area contributed by atoms with Crippen molar-refractivity contribution in [3.05, 3.63) is 71.1 Å². The molecule has 0 atom stereocenters. The Bertz CT molecular complexity index is 1240. The molecule has 1 aromatic heterocycles. The number of methoxy groups -OCH3 is 2. The molecule has 0 unspecified atom stereocenters. The molecule has 0 aliphatic rings. The lowest BCUT2D eigenvalue weighted by atomic mass is 10.1. The lowest BCUT2D eigenvalue weighted by Crippen LogP contribution is -2.14. The number of esters is 2. The fraction of sp³-hybridized carbons (Fsp3) is 0.143. The normalized spacial score (nSPS) is 11.9. The number of aromatic amines is 1. The van der Waals surface area contributed by atoms with E-state index >= 15 is 0 Å². The van der Waals surface area contributed by atoms with Gasteiger partial charge in [-0.1, -0.05) is 35.9 Å². The van der Waals surface area contributed by atoms with Crippen molar-refractivity contribution in [2.24, 2.45) is 0 Å². The second-order valence-corrected chi connectivity index (χ2v) is 7.85. The molecule has 3 rings (SSSR count). The fourth-order valence-corrected chi connectivity index (χ4v) is 3.71. The summed E-state index contributed by atoms with van der Waals surface area (Å²) in [7, 11) is -2.02. The average molecular weight is 429 g/mol. The lowest BCUT2D eigenvalue weighted by Gasteiger charge is -2.10. The standard InChI is InChI=1S/C21H19NO7S/c1-13-8-10-14(11-9-13)30(25,26)29-18(20(23)27-2)12-16-15-6-4-5-7-17(15)22-19(16)21(24)28-3/h4-12,22H,1-3H3/b18-12-. The first-order chi connectivity index (χ1) is 14.3. The number of ether oxygens (including phenoxy) is 2. The first-order valence-corrected chi connectivity index (χ1v) is 10.2. The molecule has 0 radical (unpaired) electrons. The van der Waals surface area contributed by atoms with Crippen LogP contribution in [0.15, 0.2) is 59.2 Å². The van der Waals surface area contributed by atoms with Crippen LogP contribution in [-0.2, 0) is 28.6 Å². The molecule has 0 saturated heterocycles. The van der Waals surface area contributed by atoms with Gasteiger partial charge in [-0.15, -0.1) is 0 Å². The Balaban J connectivity index is 2.14. The molecule has 0 bridgehead atoms. The molecular formula is C21H19NO7S. The summed E-state index contributed by atoms with van der Waals surface area (Å²) < 4.78 is 39.9. The van der Waals surface area contributed by atoms with Gasteiger partial charge in [0.1, 0.15) is 10.6 Å². The predicted molar refractivity (Wildman–Crippen MR) is 109 cm³/mol. The number of aryl methyl sites for hydroxylation is 1. The number of aromatic nitrogens is 1. The Hall–Kier alpha value is -3.59. The van der Waals surface area contributed by atoms with Crippen LogP contribution in [0.2, 0.25) is 0 Å². The second kappa shape index (κ2) is 8.42. The zero-order chi connectivity index (χ0) is 21.9. The molecule has 1 heterocycles. The first kappa shape index (κ1) is 21.1. The number of H-pyrrole nitrogens is 1. The molecule has 3 aromatic rings. The Labute approximate surface area is 173 Å². The highest BCUT2D eigenvalue weighted by molar-refractivity contribution is 7.86. The van der Waals surface area contributed by atoms with E-state index in [4.69, 9.17) is 8.92 Å². The van der Waals surface area contributed by atoms with Gasteiger partial charge in [-0.2, -0.15) is 8.42 Å². The predicted octanol–water partition coefficient (Wildman–Crippen LogP) is 3.18. The topological polar surface area (TPSA) is 112 Å². The highest BCUT2D eigenvalue weighted by Gasteiger charge is 2.25. The van der Waals surface area contributed by atoms with Crippen molar-refractivity contribution in [1.29, 1.82) is 0 Å². The summed E-state index contributed by atoms with van der Waals surface area (Å²) in [6, 6.07) is 12.9. The minimum Gasteiger partial charge on any atom is -0.464 e. The van der Waals surface area contributed by atoms with Crippen LogP contribution in [0, 0.1) is 6.92 Å². The molecule has 0 aliphatic heterocycles. The summed E-state index contributed by atoms with van der Waals surface area (Å²) >= 11 is 0. The first-order valence-electron chi connectivity index (χ1n) is 8.77. The zero-order valence-corrected chi connectivity index (χ0v) is 17.3. The fourth-order valence-electron chi connectivity index (χ4n) is 2.80. The third-order valence-electron chi connectivity index (χ3n) is 4.31. The summed E-state index contributed by atoms with van der Waals surface area (Å²) in [6.45, 7) is 1.81. The number of fused-ring (bicyclic) bond motifs is 1. The van der Waals surface area contributed by atoms with Crippen molar-refractivity contribution >= 4 is 39.0 Å². The molecule has 156 valence electrons. The molecule has 8 nitrogen and oxygen atoms in total. The van der Waals surface area contributed by atoms with Crippen LogP contribution in [0.25, 0.3) is 17.0 Å². The van der Waals surface area contributed by atoms with Gasteiger partial charge in [-0.25, -0.2) is 9.59 Å². The van der Waals surface area contributed by atoms with Crippen molar-refractivity contribution in [2.75, 3.05) is 14.2 Å². The van der Waals surface area contributed by atoms with E-state index in [1.165, 1.54) is 19.2 Å². The minimum atomic E-state index is -4.32. The van der Waals surface area contributed by atoms with Crippen LogP contribution in [0.3, 0.4) is 0 Å². The maximum atomic E-state index is 12.7. The summed E-state index contributed by atoms with van der Waals surface area (Å²) in [5.74, 6) is -2.32. The van der Waals surface area contributed by atoms with Crippen LogP contribution in [0.4, 0.5) is 0 Å². The molecule has 1 N–H and O–H groups in total. The van der Waals surface area contributed by atoms with Crippen molar-refractivity contribution in [2.45, 2.75) is 11.8 Å². The molecule has 0 aliphatic carbocycles. The Kier molecular flexibility index (Phi) is 5.93. The maximum Gasteiger partial charge on any atom is 0.375 e. The van der Waals surface area contributed by atoms with Gasteiger partial charge < -0.3 is 18.6 Å². The number of benzene rings is 2. The molecule has 0 fully saturated rings. The third-order valence-corrected chi connectivity index (χ3v) is 5.56. The second-order valence-electron chi connectivity index (χ2n) is 6.30. The largest absolute Gasteiger partial charge is 0.464 e. The third kappa shape index (κ3) is 4.20. The molecular weight excluding hydrogens is 410 g/mol. The van der Waals surface area contributed by atoms with Gasteiger partial charge in [0.2, 0.25) is 5.76 Å². The van der Waals surface area contributed by atoms with E-state index < -0.39 is 27.8 Å². The molecule has 2 aromatic carbocycles. The van der Waals surface area contributed by atoms with E-state index in [-0.39, 0.29) is 16.2 Å². The molecule has 0 saturated carbocycles. The van der Waals surface area contributed by atoms with Crippen LogP contribution in [-0.4, -0.2) is 39.6 Å². The summed E-state index contributed by atoms with van der Waals surface area (Å²) in [5.41, 5.74) is 1.72.